The highest BCUT2D eigenvalue weighted by Gasteiger charge is 2.08. The lowest BCUT2D eigenvalue weighted by molar-refractivity contribution is 0.340. The second-order valence-corrected chi connectivity index (χ2v) is 3.60. The SMILES string of the molecule is CCOc1ccc(-c2nc(NC)ncc2F)cc1. The molecule has 0 bridgehead atoms. The van der Waals surface area contributed by atoms with Gasteiger partial charge >= 0.3 is 0 Å². The van der Waals surface area contributed by atoms with Crippen LogP contribution in [0, 0.1) is 5.82 Å². The van der Waals surface area contributed by atoms with Crippen LogP contribution in [-0.2, 0) is 0 Å². The van der Waals surface area contributed by atoms with Crippen molar-refractivity contribution < 1.29 is 9.13 Å². The summed E-state index contributed by atoms with van der Waals surface area (Å²) in [7, 11) is 1.69. The number of benzene rings is 1. The summed E-state index contributed by atoms with van der Waals surface area (Å²) in [6, 6.07) is 7.13. The fourth-order valence-electron chi connectivity index (χ4n) is 1.57. The summed E-state index contributed by atoms with van der Waals surface area (Å²) in [5, 5.41) is 2.78. The summed E-state index contributed by atoms with van der Waals surface area (Å²) in [5.41, 5.74) is 0.965. The summed E-state index contributed by atoms with van der Waals surface area (Å²) < 4.78 is 19.0. The van der Waals surface area contributed by atoms with E-state index in [9.17, 15) is 4.39 Å². The van der Waals surface area contributed by atoms with Gasteiger partial charge in [0, 0.05) is 12.6 Å². The van der Waals surface area contributed by atoms with Gasteiger partial charge in [-0.05, 0) is 31.2 Å². The number of hydrogen-bond donors (Lipinski definition) is 1. The second kappa shape index (κ2) is 5.44. The molecule has 0 radical (unpaired) electrons. The van der Waals surface area contributed by atoms with E-state index in [1.807, 2.05) is 6.92 Å². The topological polar surface area (TPSA) is 47.0 Å². The normalized spacial score (nSPS) is 10.2. The summed E-state index contributed by atoms with van der Waals surface area (Å²) in [6.45, 7) is 2.52. The van der Waals surface area contributed by atoms with Crippen LogP contribution < -0.4 is 10.1 Å². The van der Waals surface area contributed by atoms with Crippen molar-refractivity contribution in [3.8, 4) is 17.0 Å². The van der Waals surface area contributed by atoms with Crippen LogP contribution >= 0.6 is 0 Å². The van der Waals surface area contributed by atoms with Gasteiger partial charge < -0.3 is 10.1 Å². The highest BCUT2D eigenvalue weighted by molar-refractivity contribution is 5.61. The standard InChI is InChI=1S/C13H14FN3O/c1-3-18-10-6-4-9(5-7-10)12-11(14)8-16-13(15-2)17-12/h4-8H,3H2,1-2H3,(H,15,16,17). The van der Waals surface area contributed by atoms with Crippen LogP contribution in [0.4, 0.5) is 10.3 Å². The number of nitrogens with one attached hydrogen (secondary N) is 1. The van der Waals surface area contributed by atoms with E-state index in [0.29, 0.717) is 18.1 Å². The molecule has 0 fully saturated rings. The van der Waals surface area contributed by atoms with Gasteiger partial charge in [0.1, 0.15) is 11.4 Å². The van der Waals surface area contributed by atoms with Crippen LogP contribution in [0.1, 0.15) is 6.92 Å². The van der Waals surface area contributed by atoms with Gasteiger partial charge in [0.2, 0.25) is 5.95 Å². The van der Waals surface area contributed by atoms with Gasteiger partial charge in [0.15, 0.2) is 5.82 Å². The lowest BCUT2D eigenvalue weighted by Crippen LogP contribution is -1.99. The van der Waals surface area contributed by atoms with Crippen molar-refractivity contribution in [3.63, 3.8) is 0 Å². The van der Waals surface area contributed by atoms with Crippen LogP contribution in [0.15, 0.2) is 30.5 Å². The Morgan fingerprint density at radius 2 is 2.00 bits per heavy atom. The maximum Gasteiger partial charge on any atom is 0.223 e. The number of rotatable bonds is 4. The maximum atomic E-state index is 13.7. The third-order valence-corrected chi connectivity index (χ3v) is 2.41. The zero-order chi connectivity index (χ0) is 13.0. The van der Waals surface area contributed by atoms with Gasteiger partial charge in [-0.3, -0.25) is 0 Å². The fourth-order valence-corrected chi connectivity index (χ4v) is 1.57. The molecule has 1 N–H and O–H groups in total. The Morgan fingerprint density at radius 1 is 1.28 bits per heavy atom. The number of hydrogen-bond acceptors (Lipinski definition) is 4. The first kappa shape index (κ1) is 12.3. The van der Waals surface area contributed by atoms with E-state index in [2.05, 4.69) is 15.3 Å². The molecule has 0 saturated heterocycles. The molecule has 0 saturated carbocycles. The quantitative estimate of drug-likeness (QED) is 0.902. The Morgan fingerprint density at radius 3 is 2.61 bits per heavy atom. The van der Waals surface area contributed by atoms with Crippen LogP contribution in [0.3, 0.4) is 0 Å². The molecule has 5 heteroatoms. The molecule has 0 atom stereocenters. The molecule has 18 heavy (non-hydrogen) atoms. The fraction of sp³-hybridized carbons (Fsp3) is 0.231. The van der Waals surface area contributed by atoms with Gasteiger partial charge in [0.05, 0.1) is 12.8 Å². The van der Waals surface area contributed by atoms with Gasteiger partial charge in [-0.1, -0.05) is 0 Å². The highest BCUT2D eigenvalue weighted by atomic mass is 19.1. The van der Waals surface area contributed by atoms with Crippen molar-refractivity contribution in [2.45, 2.75) is 6.92 Å². The Labute approximate surface area is 105 Å². The molecule has 2 aromatic rings. The van der Waals surface area contributed by atoms with Crippen molar-refractivity contribution in [1.82, 2.24) is 9.97 Å². The molecule has 0 spiro atoms. The molecule has 1 heterocycles. The molecule has 1 aromatic carbocycles. The van der Waals surface area contributed by atoms with E-state index in [-0.39, 0.29) is 5.69 Å². The number of aromatic nitrogens is 2. The van der Waals surface area contributed by atoms with Gasteiger partial charge in [-0.2, -0.15) is 0 Å². The summed E-state index contributed by atoms with van der Waals surface area (Å²) >= 11 is 0. The first-order valence-corrected chi connectivity index (χ1v) is 5.68. The van der Waals surface area contributed by atoms with E-state index in [0.717, 1.165) is 11.9 Å². The van der Waals surface area contributed by atoms with E-state index >= 15 is 0 Å². The molecule has 0 unspecified atom stereocenters. The zero-order valence-electron chi connectivity index (χ0n) is 10.3. The van der Waals surface area contributed by atoms with Crippen LogP contribution in [0.5, 0.6) is 5.75 Å². The van der Waals surface area contributed by atoms with Gasteiger partial charge in [-0.15, -0.1) is 0 Å². The average Bonchev–Trinajstić information content (AvgIpc) is 2.41. The lowest BCUT2D eigenvalue weighted by atomic mass is 10.1. The third-order valence-electron chi connectivity index (χ3n) is 2.41. The van der Waals surface area contributed by atoms with E-state index in [1.54, 1.807) is 31.3 Å². The Bertz CT molecular complexity index is 528. The predicted octanol–water partition coefficient (Wildman–Crippen LogP) is 2.72. The smallest absolute Gasteiger partial charge is 0.223 e. The summed E-state index contributed by atoms with van der Waals surface area (Å²) in [6.07, 6.45) is 1.16. The Balaban J connectivity index is 2.35. The van der Waals surface area contributed by atoms with E-state index < -0.39 is 5.82 Å². The Kier molecular flexibility index (Phi) is 3.72. The Hall–Kier alpha value is -2.17. The van der Waals surface area contributed by atoms with E-state index in [4.69, 9.17) is 4.74 Å². The third kappa shape index (κ3) is 2.56. The number of nitrogens with zero attached hydrogens (tertiary/aromatic N) is 2. The molecule has 94 valence electrons. The van der Waals surface area contributed by atoms with E-state index in [1.165, 1.54) is 0 Å². The minimum absolute atomic E-state index is 0.275. The molecule has 1 aromatic heterocycles. The van der Waals surface area contributed by atoms with Gasteiger partial charge in [0.25, 0.3) is 0 Å². The second-order valence-electron chi connectivity index (χ2n) is 3.60. The van der Waals surface area contributed by atoms with Crippen molar-refractivity contribution >= 4 is 5.95 Å². The van der Waals surface area contributed by atoms with Crippen LogP contribution in [0.2, 0.25) is 0 Å². The largest absolute Gasteiger partial charge is 0.494 e. The first-order chi connectivity index (χ1) is 8.74. The first-order valence-electron chi connectivity index (χ1n) is 5.68. The minimum Gasteiger partial charge on any atom is -0.494 e. The van der Waals surface area contributed by atoms with Gasteiger partial charge in [-0.25, -0.2) is 14.4 Å². The average molecular weight is 247 g/mol. The minimum atomic E-state index is -0.446. The predicted molar refractivity (Wildman–Crippen MR) is 68.1 cm³/mol. The highest BCUT2D eigenvalue weighted by Crippen LogP contribution is 2.23. The molecular weight excluding hydrogens is 233 g/mol. The number of halogens is 1. The maximum absolute atomic E-state index is 13.7. The molecule has 4 nitrogen and oxygen atoms in total. The number of anilines is 1. The molecule has 0 aliphatic rings. The molecule has 0 amide bonds. The summed E-state index contributed by atoms with van der Waals surface area (Å²) in [4.78, 5) is 7.91. The van der Waals surface area contributed by atoms with Crippen molar-refractivity contribution in [1.29, 1.82) is 0 Å². The molecular formula is C13H14FN3O. The number of ether oxygens (including phenoxy) is 1. The van der Waals surface area contributed by atoms with Crippen molar-refractivity contribution in [2.75, 3.05) is 19.0 Å². The molecule has 0 aliphatic heterocycles. The molecule has 2 rings (SSSR count). The monoisotopic (exact) mass is 247 g/mol. The van der Waals surface area contributed by atoms with Crippen molar-refractivity contribution in [2.24, 2.45) is 0 Å². The van der Waals surface area contributed by atoms with Crippen LogP contribution in [-0.4, -0.2) is 23.6 Å². The lowest BCUT2D eigenvalue weighted by Gasteiger charge is -2.06. The molecule has 0 aliphatic carbocycles. The van der Waals surface area contributed by atoms with Crippen LogP contribution in [0.25, 0.3) is 11.3 Å². The summed E-state index contributed by atoms with van der Waals surface area (Å²) in [5.74, 6) is 0.697. The van der Waals surface area contributed by atoms with Crippen molar-refractivity contribution in [3.05, 3.63) is 36.3 Å². The zero-order valence-corrected chi connectivity index (χ0v) is 10.3.